The fourth-order valence-electron chi connectivity index (χ4n) is 2.07. The average Bonchev–Trinajstić information content (AvgIpc) is 3.21. The quantitative estimate of drug-likeness (QED) is 0.763. The van der Waals surface area contributed by atoms with Gasteiger partial charge in [-0.05, 0) is 35.5 Å². The summed E-state index contributed by atoms with van der Waals surface area (Å²) in [4.78, 5) is 33.4. The van der Waals surface area contributed by atoms with Crippen LogP contribution in [0.3, 0.4) is 0 Å². The van der Waals surface area contributed by atoms with Crippen LogP contribution in [0.4, 0.5) is 5.13 Å². The van der Waals surface area contributed by atoms with Crippen molar-refractivity contribution in [3.05, 3.63) is 46.3 Å². The van der Waals surface area contributed by atoms with Gasteiger partial charge in [0.2, 0.25) is 5.13 Å². The molecule has 2 heterocycles. The minimum Gasteiger partial charge on any atom is -0.493 e. The zero-order valence-electron chi connectivity index (χ0n) is 13.8. The number of carbonyl (C=O) groups is 2. The lowest BCUT2D eigenvalue weighted by molar-refractivity contribution is -0.137. The standard InChI is InChI=1S/C17H15N3O4S2/c1-20-15(23)13(26-17(20)19-16-18-7-9-25-16)10-11-2-4-12(5-3-11)24-8-6-14(21)22/h2-5,7,9-10H,6,8H2,1H3,(H,21,22)/b13-10+,19-17+. The lowest BCUT2D eigenvalue weighted by atomic mass is 10.2. The van der Waals surface area contributed by atoms with Crippen LogP contribution in [0, 0.1) is 0 Å². The first-order valence-electron chi connectivity index (χ1n) is 7.63. The fraction of sp³-hybridized carbons (Fsp3) is 0.176. The molecular weight excluding hydrogens is 374 g/mol. The number of aliphatic carboxylic acids is 1. The first kappa shape index (κ1) is 18.2. The molecule has 1 fully saturated rings. The molecule has 0 aliphatic carbocycles. The Balaban J connectivity index is 1.69. The summed E-state index contributed by atoms with van der Waals surface area (Å²) < 4.78 is 5.35. The van der Waals surface area contributed by atoms with E-state index in [4.69, 9.17) is 9.84 Å². The molecule has 134 valence electrons. The van der Waals surface area contributed by atoms with Crippen LogP contribution in [-0.4, -0.2) is 45.7 Å². The van der Waals surface area contributed by atoms with Gasteiger partial charge in [-0.1, -0.05) is 12.1 Å². The predicted molar refractivity (Wildman–Crippen MR) is 102 cm³/mol. The summed E-state index contributed by atoms with van der Waals surface area (Å²) in [5, 5.41) is 11.6. The summed E-state index contributed by atoms with van der Waals surface area (Å²) in [5.74, 6) is -0.434. The van der Waals surface area contributed by atoms with E-state index in [0.29, 0.717) is 21.0 Å². The number of ether oxygens (including phenoxy) is 1. The minimum atomic E-state index is -0.900. The first-order chi connectivity index (χ1) is 12.5. The summed E-state index contributed by atoms with van der Waals surface area (Å²) in [5.41, 5.74) is 0.843. The molecule has 0 saturated carbocycles. The number of nitrogens with zero attached hydrogens (tertiary/aromatic N) is 3. The van der Waals surface area contributed by atoms with E-state index in [9.17, 15) is 9.59 Å². The van der Waals surface area contributed by atoms with Crippen molar-refractivity contribution in [3.8, 4) is 5.75 Å². The molecule has 1 saturated heterocycles. The molecule has 0 bridgehead atoms. The number of thioether (sulfide) groups is 1. The number of benzene rings is 1. The Hall–Kier alpha value is -2.65. The molecule has 0 spiro atoms. The van der Waals surface area contributed by atoms with Gasteiger partial charge in [-0.15, -0.1) is 11.3 Å². The van der Waals surface area contributed by atoms with E-state index in [1.54, 1.807) is 31.5 Å². The molecular formula is C17H15N3O4S2. The van der Waals surface area contributed by atoms with Crippen molar-refractivity contribution in [3.63, 3.8) is 0 Å². The van der Waals surface area contributed by atoms with Crippen molar-refractivity contribution < 1.29 is 19.4 Å². The highest BCUT2D eigenvalue weighted by Gasteiger charge is 2.30. The highest BCUT2D eigenvalue weighted by atomic mass is 32.2. The van der Waals surface area contributed by atoms with Crippen LogP contribution in [-0.2, 0) is 9.59 Å². The molecule has 3 rings (SSSR count). The zero-order valence-corrected chi connectivity index (χ0v) is 15.4. The number of thiazole rings is 1. The van der Waals surface area contributed by atoms with Gasteiger partial charge in [0.1, 0.15) is 5.75 Å². The van der Waals surface area contributed by atoms with Gasteiger partial charge in [-0.25, -0.2) is 4.98 Å². The third-order valence-corrected chi connectivity index (χ3v) is 5.10. The monoisotopic (exact) mass is 389 g/mol. The van der Waals surface area contributed by atoms with Crippen LogP contribution >= 0.6 is 23.1 Å². The van der Waals surface area contributed by atoms with E-state index in [2.05, 4.69) is 9.98 Å². The van der Waals surface area contributed by atoms with Crippen LogP contribution in [0.15, 0.2) is 45.7 Å². The van der Waals surface area contributed by atoms with E-state index >= 15 is 0 Å². The number of carbonyl (C=O) groups excluding carboxylic acids is 1. The number of carboxylic acid groups (broad SMARTS) is 1. The number of carboxylic acids is 1. The summed E-state index contributed by atoms with van der Waals surface area (Å²) in [6, 6.07) is 7.11. The van der Waals surface area contributed by atoms with Crippen molar-refractivity contribution in [2.24, 2.45) is 4.99 Å². The van der Waals surface area contributed by atoms with Gasteiger partial charge in [0.15, 0.2) is 5.17 Å². The summed E-state index contributed by atoms with van der Waals surface area (Å²) in [7, 11) is 1.68. The second-order valence-electron chi connectivity index (χ2n) is 5.25. The molecule has 2 aromatic rings. The number of hydrogen-bond acceptors (Lipinski definition) is 7. The largest absolute Gasteiger partial charge is 0.493 e. The predicted octanol–water partition coefficient (Wildman–Crippen LogP) is 3.23. The molecule has 0 unspecified atom stereocenters. The van der Waals surface area contributed by atoms with Crippen molar-refractivity contribution in [2.45, 2.75) is 6.42 Å². The highest BCUT2D eigenvalue weighted by molar-refractivity contribution is 8.18. The Kier molecular flexibility index (Phi) is 5.69. The van der Waals surface area contributed by atoms with Crippen LogP contribution in [0.2, 0.25) is 0 Å². The van der Waals surface area contributed by atoms with Gasteiger partial charge in [-0.2, -0.15) is 4.99 Å². The number of amides is 1. The maximum atomic E-state index is 12.4. The lowest BCUT2D eigenvalue weighted by Gasteiger charge is -2.06. The van der Waals surface area contributed by atoms with E-state index in [0.717, 1.165) is 5.56 Å². The van der Waals surface area contributed by atoms with Crippen LogP contribution in [0.5, 0.6) is 5.75 Å². The van der Waals surface area contributed by atoms with Gasteiger partial charge >= 0.3 is 5.97 Å². The molecule has 1 amide bonds. The molecule has 26 heavy (non-hydrogen) atoms. The SMILES string of the molecule is CN1C(=O)/C(=C\c2ccc(OCCC(=O)O)cc2)S/C1=N/c1nccs1. The molecule has 1 aliphatic heterocycles. The molecule has 1 aromatic carbocycles. The molecule has 1 aromatic heterocycles. The van der Waals surface area contributed by atoms with E-state index in [1.165, 1.54) is 28.0 Å². The van der Waals surface area contributed by atoms with Crippen LogP contribution in [0.1, 0.15) is 12.0 Å². The number of likely N-dealkylation sites (N-methyl/N-ethyl adjacent to an activating group) is 1. The highest BCUT2D eigenvalue weighted by Crippen LogP contribution is 2.33. The molecule has 1 aliphatic rings. The van der Waals surface area contributed by atoms with Crippen molar-refractivity contribution >= 4 is 51.4 Å². The maximum absolute atomic E-state index is 12.4. The molecule has 1 N–H and O–H groups in total. The number of aliphatic imine (C=N–C) groups is 1. The van der Waals surface area contributed by atoms with Crippen molar-refractivity contribution in [1.29, 1.82) is 0 Å². The second kappa shape index (κ2) is 8.15. The van der Waals surface area contributed by atoms with Gasteiger partial charge < -0.3 is 9.84 Å². The number of amidine groups is 1. The molecule has 0 radical (unpaired) electrons. The number of aromatic nitrogens is 1. The summed E-state index contributed by atoms with van der Waals surface area (Å²) in [6.45, 7) is 0.117. The molecule has 0 atom stereocenters. The Labute approximate surface area is 158 Å². The van der Waals surface area contributed by atoms with E-state index < -0.39 is 5.97 Å². The Bertz CT molecular complexity index is 861. The maximum Gasteiger partial charge on any atom is 0.306 e. The third-order valence-electron chi connectivity index (χ3n) is 3.38. The van der Waals surface area contributed by atoms with E-state index in [-0.39, 0.29) is 18.9 Å². The molecule has 9 heteroatoms. The Morgan fingerprint density at radius 1 is 1.38 bits per heavy atom. The topological polar surface area (TPSA) is 92.1 Å². The fourth-order valence-corrected chi connectivity index (χ4v) is 3.60. The minimum absolute atomic E-state index is 0.0511. The Morgan fingerprint density at radius 3 is 2.81 bits per heavy atom. The smallest absolute Gasteiger partial charge is 0.306 e. The van der Waals surface area contributed by atoms with Crippen molar-refractivity contribution in [2.75, 3.05) is 13.7 Å². The number of hydrogen-bond donors (Lipinski definition) is 1. The third kappa shape index (κ3) is 4.50. The van der Waals surface area contributed by atoms with Gasteiger partial charge in [0.05, 0.1) is 17.9 Å². The summed E-state index contributed by atoms with van der Waals surface area (Å²) >= 11 is 2.71. The number of rotatable bonds is 6. The molecule has 7 nitrogen and oxygen atoms in total. The van der Waals surface area contributed by atoms with E-state index in [1.807, 2.05) is 17.5 Å². The second-order valence-corrected chi connectivity index (χ2v) is 7.13. The van der Waals surface area contributed by atoms with Gasteiger partial charge in [0, 0.05) is 18.6 Å². The van der Waals surface area contributed by atoms with Gasteiger partial charge in [-0.3, -0.25) is 14.5 Å². The van der Waals surface area contributed by atoms with Crippen LogP contribution < -0.4 is 4.74 Å². The summed E-state index contributed by atoms with van der Waals surface area (Å²) in [6.07, 6.45) is 3.40. The van der Waals surface area contributed by atoms with Crippen LogP contribution in [0.25, 0.3) is 6.08 Å². The normalized spacial score (nSPS) is 17.3. The Morgan fingerprint density at radius 2 is 2.15 bits per heavy atom. The first-order valence-corrected chi connectivity index (χ1v) is 9.33. The van der Waals surface area contributed by atoms with Gasteiger partial charge in [0.25, 0.3) is 5.91 Å². The average molecular weight is 389 g/mol. The lowest BCUT2D eigenvalue weighted by Crippen LogP contribution is -2.23. The zero-order chi connectivity index (χ0) is 18.5. The van der Waals surface area contributed by atoms with Crippen molar-refractivity contribution in [1.82, 2.24) is 9.88 Å².